The van der Waals surface area contributed by atoms with Gasteiger partial charge in [-0.25, -0.2) is 4.98 Å². The highest BCUT2D eigenvalue weighted by Gasteiger charge is 2.31. The van der Waals surface area contributed by atoms with Gasteiger partial charge in [0.25, 0.3) is 0 Å². The van der Waals surface area contributed by atoms with E-state index in [2.05, 4.69) is 4.98 Å². The number of pyridine rings is 1. The largest absolute Gasteiger partial charge is 0.386 e. The van der Waals surface area contributed by atoms with Crippen molar-refractivity contribution >= 4 is 5.82 Å². The molecule has 0 aromatic carbocycles. The number of ether oxygens (including phenoxy) is 1. The third kappa shape index (κ3) is 2.82. The molecule has 100 valence electrons. The Labute approximate surface area is 108 Å². The number of nitrogens with zero attached hydrogens (tertiary/aromatic N) is 1. The molecule has 0 bridgehead atoms. The molecule has 0 saturated heterocycles. The molecule has 18 heavy (non-hydrogen) atoms. The van der Waals surface area contributed by atoms with E-state index in [0.717, 1.165) is 12.8 Å². The maximum atomic E-state index is 10.5. The van der Waals surface area contributed by atoms with E-state index < -0.39 is 6.10 Å². The van der Waals surface area contributed by atoms with Crippen molar-refractivity contribution in [2.24, 2.45) is 5.92 Å². The van der Waals surface area contributed by atoms with Gasteiger partial charge < -0.3 is 15.6 Å². The maximum absolute atomic E-state index is 10.5. The number of methoxy groups -OCH3 is 1. The minimum Gasteiger partial charge on any atom is -0.386 e. The monoisotopic (exact) mass is 250 g/mol. The lowest BCUT2D eigenvalue weighted by atomic mass is 9.82. The summed E-state index contributed by atoms with van der Waals surface area (Å²) >= 11 is 0. The first kappa shape index (κ1) is 13.3. The van der Waals surface area contributed by atoms with Crippen LogP contribution in [0.5, 0.6) is 0 Å². The number of anilines is 1. The summed E-state index contributed by atoms with van der Waals surface area (Å²) in [7, 11) is 1.66. The molecule has 3 N–H and O–H groups in total. The van der Waals surface area contributed by atoms with Crippen molar-refractivity contribution in [3.8, 4) is 0 Å². The van der Waals surface area contributed by atoms with Crippen molar-refractivity contribution in [2.75, 3.05) is 12.8 Å². The maximum Gasteiger partial charge on any atom is 0.129 e. The van der Waals surface area contributed by atoms with E-state index >= 15 is 0 Å². The number of hydrogen-bond donors (Lipinski definition) is 2. The Balaban J connectivity index is 2.14. The van der Waals surface area contributed by atoms with Crippen LogP contribution in [0.2, 0.25) is 0 Å². The average Bonchev–Trinajstić information content (AvgIpc) is 2.41. The molecule has 0 spiro atoms. The van der Waals surface area contributed by atoms with Crippen LogP contribution in [-0.2, 0) is 4.74 Å². The first-order chi connectivity index (χ1) is 8.74. The minimum atomic E-state index is -0.688. The van der Waals surface area contributed by atoms with E-state index in [4.69, 9.17) is 10.5 Å². The first-order valence-corrected chi connectivity index (χ1v) is 6.65. The smallest absolute Gasteiger partial charge is 0.129 e. The Hall–Kier alpha value is -1.13. The second-order valence-corrected chi connectivity index (χ2v) is 5.02. The fraction of sp³-hybridized carbons (Fsp3) is 0.643. The summed E-state index contributed by atoms with van der Waals surface area (Å²) in [6, 6.07) is 3.62. The SMILES string of the molecule is COC(C1CCCCC1)C(O)c1cccnc1N. The number of hydrogen-bond acceptors (Lipinski definition) is 4. The van der Waals surface area contributed by atoms with Crippen LogP contribution in [0, 0.1) is 5.92 Å². The molecule has 1 aliphatic rings. The van der Waals surface area contributed by atoms with Gasteiger partial charge in [0.2, 0.25) is 0 Å². The zero-order chi connectivity index (χ0) is 13.0. The summed E-state index contributed by atoms with van der Waals surface area (Å²) in [5, 5.41) is 10.5. The highest BCUT2D eigenvalue weighted by atomic mass is 16.5. The van der Waals surface area contributed by atoms with Crippen molar-refractivity contribution in [1.29, 1.82) is 0 Å². The molecule has 0 aliphatic heterocycles. The number of aliphatic hydroxyl groups is 1. The summed E-state index contributed by atoms with van der Waals surface area (Å²) in [6.07, 6.45) is 6.74. The third-order valence-electron chi connectivity index (χ3n) is 3.89. The lowest BCUT2D eigenvalue weighted by Gasteiger charge is -2.32. The minimum absolute atomic E-state index is 0.184. The van der Waals surface area contributed by atoms with Crippen molar-refractivity contribution in [3.05, 3.63) is 23.9 Å². The van der Waals surface area contributed by atoms with Gasteiger partial charge in [0.1, 0.15) is 11.9 Å². The van der Waals surface area contributed by atoms with E-state index in [1.54, 1.807) is 19.4 Å². The molecule has 2 rings (SSSR count). The number of nitrogens with two attached hydrogens (primary N) is 1. The van der Waals surface area contributed by atoms with Crippen LogP contribution >= 0.6 is 0 Å². The lowest BCUT2D eigenvalue weighted by molar-refractivity contribution is -0.0557. The van der Waals surface area contributed by atoms with E-state index in [9.17, 15) is 5.11 Å². The Morgan fingerprint density at radius 2 is 2.11 bits per heavy atom. The Kier molecular flexibility index (Phi) is 4.55. The summed E-state index contributed by atoms with van der Waals surface area (Å²) in [5.41, 5.74) is 6.49. The Morgan fingerprint density at radius 1 is 1.39 bits per heavy atom. The molecule has 1 heterocycles. The number of nitrogen functional groups attached to an aromatic ring is 1. The summed E-state index contributed by atoms with van der Waals surface area (Å²) in [4.78, 5) is 4.02. The molecule has 0 amide bonds. The molecule has 1 aromatic rings. The van der Waals surface area contributed by atoms with Crippen LogP contribution < -0.4 is 5.73 Å². The van der Waals surface area contributed by atoms with Crippen molar-refractivity contribution in [3.63, 3.8) is 0 Å². The number of aromatic nitrogens is 1. The molecule has 4 nitrogen and oxygen atoms in total. The van der Waals surface area contributed by atoms with Crippen LogP contribution in [0.25, 0.3) is 0 Å². The van der Waals surface area contributed by atoms with Crippen molar-refractivity contribution in [2.45, 2.75) is 44.3 Å². The molecule has 2 unspecified atom stereocenters. The predicted octanol–water partition coefficient (Wildman–Crippen LogP) is 2.29. The normalized spacial score (nSPS) is 20.6. The Bertz CT molecular complexity index is 378. The van der Waals surface area contributed by atoms with Gasteiger partial charge in [-0.2, -0.15) is 0 Å². The van der Waals surface area contributed by atoms with Crippen LogP contribution in [0.1, 0.15) is 43.8 Å². The highest BCUT2D eigenvalue weighted by Crippen LogP contribution is 2.35. The fourth-order valence-electron chi connectivity index (χ4n) is 2.90. The fourth-order valence-corrected chi connectivity index (χ4v) is 2.90. The summed E-state index contributed by atoms with van der Waals surface area (Å²) < 4.78 is 5.53. The molecule has 4 heteroatoms. The lowest BCUT2D eigenvalue weighted by Crippen LogP contribution is -2.31. The van der Waals surface area contributed by atoms with Gasteiger partial charge in [-0.05, 0) is 24.8 Å². The second-order valence-electron chi connectivity index (χ2n) is 5.02. The van der Waals surface area contributed by atoms with Crippen LogP contribution in [0.4, 0.5) is 5.82 Å². The van der Waals surface area contributed by atoms with Gasteiger partial charge in [-0.15, -0.1) is 0 Å². The third-order valence-corrected chi connectivity index (χ3v) is 3.89. The summed E-state index contributed by atoms with van der Waals surface area (Å²) in [6.45, 7) is 0. The quantitative estimate of drug-likeness (QED) is 0.860. The van der Waals surface area contributed by atoms with Crippen LogP contribution in [0.15, 0.2) is 18.3 Å². The molecular formula is C14H22N2O2. The van der Waals surface area contributed by atoms with Crippen LogP contribution in [-0.4, -0.2) is 23.3 Å². The molecule has 1 saturated carbocycles. The van der Waals surface area contributed by atoms with Gasteiger partial charge >= 0.3 is 0 Å². The topological polar surface area (TPSA) is 68.4 Å². The molecule has 1 aliphatic carbocycles. The summed E-state index contributed by atoms with van der Waals surface area (Å²) in [5.74, 6) is 0.807. The zero-order valence-electron chi connectivity index (χ0n) is 10.9. The first-order valence-electron chi connectivity index (χ1n) is 6.65. The molecule has 2 atom stereocenters. The molecule has 1 fully saturated rings. The zero-order valence-corrected chi connectivity index (χ0v) is 10.9. The number of aliphatic hydroxyl groups excluding tert-OH is 1. The van der Waals surface area contributed by atoms with Gasteiger partial charge in [-0.1, -0.05) is 25.3 Å². The van der Waals surface area contributed by atoms with E-state index in [1.165, 1.54) is 19.3 Å². The van der Waals surface area contributed by atoms with E-state index in [1.807, 2.05) is 6.07 Å². The van der Waals surface area contributed by atoms with Gasteiger partial charge in [0, 0.05) is 18.9 Å². The standard InChI is InChI=1S/C14H22N2O2/c1-18-13(10-6-3-2-4-7-10)12(17)11-8-5-9-16-14(11)15/h5,8-10,12-13,17H,2-4,6-7H2,1H3,(H2,15,16). The number of rotatable bonds is 4. The van der Waals surface area contributed by atoms with Crippen molar-refractivity contribution < 1.29 is 9.84 Å². The molecule has 0 radical (unpaired) electrons. The van der Waals surface area contributed by atoms with E-state index in [-0.39, 0.29) is 6.10 Å². The molecule has 1 aromatic heterocycles. The highest BCUT2D eigenvalue weighted by molar-refractivity contribution is 5.40. The Morgan fingerprint density at radius 3 is 2.72 bits per heavy atom. The van der Waals surface area contributed by atoms with Crippen LogP contribution in [0.3, 0.4) is 0 Å². The van der Waals surface area contributed by atoms with Gasteiger partial charge in [-0.3, -0.25) is 0 Å². The molecular weight excluding hydrogens is 228 g/mol. The van der Waals surface area contributed by atoms with E-state index in [0.29, 0.717) is 17.3 Å². The van der Waals surface area contributed by atoms with Gasteiger partial charge in [0.05, 0.1) is 6.10 Å². The van der Waals surface area contributed by atoms with Crippen molar-refractivity contribution in [1.82, 2.24) is 4.98 Å². The average molecular weight is 250 g/mol. The second kappa shape index (κ2) is 6.16. The predicted molar refractivity (Wildman–Crippen MR) is 71.0 cm³/mol. The van der Waals surface area contributed by atoms with Gasteiger partial charge in [0.15, 0.2) is 0 Å².